The maximum absolute atomic E-state index is 11.7. The molecule has 0 fully saturated rings. The van der Waals surface area contributed by atoms with Crippen LogP contribution in [0.1, 0.15) is 22.8 Å². The first-order valence-corrected chi connectivity index (χ1v) is 30.1. The predicted molar refractivity (Wildman–Crippen MR) is 339 cm³/mol. The molecule has 16 rings (SSSR count). The number of benzene rings is 4. The second-order valence-electron chi connectivity index (χ2n) is 22.1. The third-order valence-corrected chi connectivity index (χ3v) is 17.4. The molecule has 0 radical (unpaired) electrons. The van der Waals surface area contributed by atoms with Crippen molar-refractivity contribution in [3.8, 4) is 23.0 Å². The number of anilines is 2. The van der Waals surface area contributed by atoms with Crippen LogP contribution in [0.5, 0.6) is 23.0 Å². The average molecular weight is 1220 g/mol. The van der Waals surface area contributed by atoms with E-state index < -0.39 is 0 Å². The summed E-state index contributed by atoms with van der Waals surface area (Å²) in [6.07, 6.45) is 7.89. The number of rotatable bonds is 8. The minimum atomic E-state index is -0.326. The third-order valence-electron chi connectivity index (χ3n) is 16.3. The Bertz CT molecular complexity index is 4760. The van der Waals surface area contributed by atoms with Crippen LogP contribution < -0.4 is 31.5 Å². The Morgan fingerprint density at radius 1 is 0.438 bits per heavy atom. The average Bonchev–Trinajstić information content (AvgIpc) is 2.73. The number of aromatic hydroxyl groups is 4. The Morgan fingerprint density at radius 2 is 0.921 bits per heavy atom. The van der Waals surface area contributed by atoms with Crippen LogP contribution in [0.25, 0.3) is 43.2 Å². The van der Waals surface area contributed by atoms with Crippen molar-refractivity contribution < 1.29 is 20.4 Å². The lowest BCUT2D eigenvalue weighted by atomic mass is 10.1. The van der Waals surface area contributed by atoms with Crippen molar-refractivity contribution >= 4 is 65.3 Å². The van der Waals surface area contributed by atoms with Gasteiger partial charge in [0.1, 0.15) is 16.6 Å². The molecule has 0 amide bonds. The van der Waals surface area contributed by atoms with Crippen LogP contribution in [0.2, 0.25) is 0 Å². The summed E-state index contributed by atoms with van der Waals surface area (Å²) in [4.78, 5) is 66.1. The summed E-state index contributed by atoms with van der Waals surface area (Å²) >= 11 is 1.66. The maximum atomic E-state index is 11.7. The zero-order valence-corrected chi connectivity index (χ0v) is 49.1. The van der Waals surface area contributed by atoms with Crippen molar-refractivity contribution in [3.63, 3.8) is 0 Å². The van der Waals surface area contributed by atoms with E-state index >= 15 is 0 Å². The molecule has 4 aliphatic rings. The molecule has 4 aromatic carbocycles. The Morgan fingerprint density at radius 3 is 1.51 bits per heavy atom. The van der Waals surface area contributed by atoms with Gasteiger partial charge in [0.25, 0.3) is 0 Å². The fourth-order valence-electron chi connectivity index (χ4n) is 11.6. The molecule has 0 unspecified atom stereocenters. The highest BCUT2D eigenvalue weighted by molar-refractivity contribution is 7.22. The molecule has 0 spiro atoms. The number of aromatic nitrogens is 12. The summed E-state index contributed by atoms with van der Waals surface area (Å²) in [5.41, 5.74) is 9.22. The van der Waals surface area contributed by atoms with E-state index in [2.05, 4.69) is 68.3 Å². The van der Waals surface area contributed by atoms with Gasteiger partial charge in [0.2, 0.25) is 21.7 Å². The van der Waals surface area contributed by atoms with Gasteiger partial charge >= 0.3 is 0 Å². The normalized spacial score (nSPS) is 14.6. The SMILES string of the molecule is O=c1cc2n(cc1O)CCN(CCn1nc3ccccc3n1)C2.O=c1cc2n(cc1O)CCN(CCn1nnc3ccccc31)C2.O=c1cc2n(cc1O)CCN(c1cccc3ncccc13)C2.O=c1cc2n(cc1O)CCN(c1nc3ccccc3s1)C2. The van der Waals surface area contributed by atoms with Crippen LogP contribution in [0.4, 0.5) is 10.8 Å². The first-order valence-electron chi connectivity index (χ1n) is 29.2. The Balaban J connectivity index is 0.000000109. The summed E-state index contributed by atoms with van der Waals surface area (Å²) in [5.74, 6) is -0.746. The van der Waals surface area contributed by atoms with E-state index in [-0.39, 0.29) is 44.7 Å². The van der Waals surface area contributed by atoms with E-state index in [4.69, 9.17) is 0 Å². The van der Waals surface area contributed by atoms with Crippen LogP contribution in [-0.4, -0.2) is 128 Å². The summed E-state index contributed by atoms with van der Waals surface area (Å²) in [7, 11) is 0. The number of hydrogen-bond donors (Lipinski definition) is 4. The lowest BCUT2D eigenvalue weighted by Gasteiger charge is -2.32. The fourth-order valence-corrected chi connectivity index (χ4v) is 12.6. The zero-order valence-electron chi connectivity index (χ0n) is 48.3. The second-order valence-corrected chi connectivity index (χ2v) is 23.1. The van der Waals surface area contributed by atoms with Gasteiger partial charge in [-0.25, -0.2) is 9.67 Å². The molecule has 4 N–H and O–H groups in total. The zero-order chi connectivity index (χ0) is 61.1. The molecule has 0 atom stereocenters. The number of nitrogens with zero attached hydrogens (tertiary/aromatic N) is 16. The van der Waals surface area contributed by atoms with E-state index in [1.165, 1.54) is 53.8 Å². The van der Waals surface area contributed by atoms with Crippen molar-refractivity contribution in [3.05, 3.63) is 222 Å². The largest absolute Gasteiger partial charge is 0.503 e. The van der Waals surface area contributed by atoms with Gasteiger partial charge in [-0.3, -0.25) is 34.0 Å². The number of para-hydroxylation sites is 2. The van der Waals surface area contributed by atoms with Crippen LogP contribution >= 0.6 is 11.3 Å². The van der Waals surface area contributed by atoms with E-state index in [0.717, 1.165) is 144 Å². The molecule has 8 aromatic heterocycles. The van der Waals surface area contributed by atoms with Crippen molar-refractivity contribution in [2.24, 2.45) is 0 Å². The Hall–Kier alpha value is -10.5. The molecular weight excluding hydrogens is 1150 g/mol. The van der Waals surface area contributed by atoms with Crippen molar-refractivity contribution in [1.82, 2.24) is 68.0 Å². The molecule has 0 saturated carbocycles. The van der Waals surface area contributed by atoms with Gasteiger partial charge in [0.15, 0.2) is 28.1 Å². The maximum Gasteiger partial charge on any atom is 0.223 e. The lowest BCUT2D eigenvalue weighted by molar-refractivity contribution is 0.204. The van der Waals surface area contributed by atoms with Gasteiger partial charge in [-0.05, 0) is 60.7 Å². The topological polar surface area (TPSA) is 269 Å². The van der Waals surface area contributed by atoms with Crippen LogP contribution in [0.15, 0.2) is 178 Å². The Kier molecular flexibility index (Phi) is 16.2. The number of hydrogen-bond acceptors (Lipinski definition) is 19. The monoisotopic (exact) mass is 1210 g/mol. The van der Waals surface area contributed by atoms with E-state index in [9.17, 15) is 39.6 Å². The Labute approximate surface area is 511 Å². The van der Waals surface area contributed by atoms with Crippen molar-refractivity contribution in [2.45, 2.75) is 65.4 Å². The minimum absolute atomic E-state index is 0.184. The van der Waals surface area contributed by atoms with Crippen molar-refractivity contribution in [2.75, 3.05) is 49.1 Å². The molecule has 0 bridgehead atoms. The molecule has 25 heteroatoms. The quantitative estimate of drug-likeness (QED) is 0.137. The molecule has 0 aliphatic carbocycles. The molecule has 24 nitrogen and oxygen atoms in total. The van der Waals surface area contributed by atoms with Gasteiger partial charge in [0.05, 0.1) is 72.2 Å². The van der Waals surface area contributed by atoms with E-state index in [1.54, 1.807) is 22.3 Å². The summed E-state index contributed by atoms with van der Waals surface area (Å²) < 4.78 is 10.8. The first-order chi connectivity index (χ1) is 43.3. The molecular formula is C64H62N16O8S. The van der Waals surface area contributed by atoms with Gasteiger partial charge < -0.3 is 48.5 Å². The highest BCUT2D eigenvalue weighted by Crippen LogP contribution is 2.32. The first kappa shape index (κ1) is 57.6. The highest BCUT2D eigenvalue weighted by atomic mass is 32.1. The van der Waals surface area contributed by atoms with Gasteiger partial charge in [-0.1, -0.05) is 59.0 Å². The summed E-state index contributed by atoms with van der Waals surface area (Å²) in [6.45, 7) is 12.2. The summed E-state index contributed by atoms with van der Waals surface area (Å²) in [5, 5.41) is 57.4. The smallest absolute Gasteiger partial charge is 0.223 e. The lowest BCUT2D eigenvalue weighted by Crippen LogP contribution is -2.37. The van der Waals surface area contributed by atoms with E-state index in [1.807, 2.05) is 108 Å². The predicted octanol–water partition coefficient (Wildman–Crippen LogP) is 5.93. The second kappa shape index (κ2) is 25.1. The van der Waals surface area contributed by atoms with Crippen LogP contribution in [-0.2, 0) is 65.4 Å². The molecule has 89 heavy (non-hydrogen) atoms. The minimum Gasteiger partial charge on any atom is -0.503 e. The molecule has 452 valence electrons. The molecule has 12 heterocycles. The van der Waals surface area contributed by atoms with Crippen molar-refractivity contribution in [1.29, 1.82) is 0 Å². The van der Waals surface area contributed by atoms with Gasteiger partial charge in [0, 0.05) is 143 Å². The molecule has 12 aromatic rings. The highest BCUT2D eigenvalue weighted by Gasteiger charge is 2.23. The number of pyridine rings is 5. The standard InChI is InChI=1S/C17H15N3O2.2C16H17N5O2.C15H13N3O2S/c21-16-9-12-10-20(8-7-19(12)11-17(16)22)15-5-1-4-14-13(15)3-2-6-18-14;22-15-9-12-10-19(5-7-20(12)11-16(15)23)6-8-21-14-4-2-1-3-13(14)17-18-21;22-15-9-12-10-19(5-7-20(12)11-16(15)23)6-8-21-17-13-3-1-2-4-14(13)18-21;19-12-7-10-8-18(6-5-17(10)9-13(12)20)15-16-11-3-1-2-4-14(11)21-15/h1-6,9,11,22H,7-8,10H2;2*1-4,9,11,23H,5-8,10H2;1-4,7,9,20H,5-6,8H2. The van der Waals surface area contributed by atoms with E-state index in [0.29, 0.717) is 32.7 Å². The number of fused-ring (bicyclic) bond motifs is 8. The third kappa shape index (κ3) is 12.7. The molecule has 0 saturated heterocycles. The number of thiazole rings is 1. The van der Waals surface area contributed by atoms with Gasteiger partial charge in [-0.15, -0.1) is 5.10 Å². The molecule has 4 aliphatic heterocycles. The van der Waals surface area contributed by atoms with Gasteiger partial charge in [-0.2, -0.15) is 15.0 Å². The fraction of sp³-hybridized carbons (Fsp3) is 0.250. The van der Waals surface area contributed by atoms with Crippen LogP contribution in [0, 0.1) is 0 Å². The summed E-state index contributed by atoms with van der Waals surface area (Å²) in [6, 6.07) is 39.9. The van der Waals surface area contributed by atoms with Crippen LogP contribution in [0.3, 0.4) is 0 Å².